The quantitative estimate of drug-likeness (QED) is 0.872. The second kappa shape index (κ2) is 7.01. The van der Waals surface area contributed by atoms with Gasteiger partial charge in [-0.05, 0) is 12.1 Å². The lowest BCUT2D eigenvalue weighted by molar-refractivity contribution is 0.0694. The fraction of sp³-hybridized carbons (Fsp3) is 0.200. The van der Waals surface area contributed by atoms with Gasteiger partial charge in [-0.1, -0.05) is 18.2 Å². The Balaban J connectivity index is 2.28. The lowest BCUT2D eigenvalue weighted by Crippen LogP contribution is -2.25. The van der Waals surface area contributed by atoms with Crippen molar-refractivity contribution in [3.05, 3.63) is 54.1 Å². The fourth-order valence-corrected chi connectivity index (χ4v) is 1.96. The molecule has 21 heavy (non-hydrogen) atoms. The van der Waals surface area contributed by atoms with Crippen LogP contribution in [-0.2, 0) is 6.54 Å². The maximum atomic E-state index is 11.2. The van der Waals surface area contributed by atoms with Gasteiger partial charge in [-0.25, -0.2) is 14.8 Å². The molecule has 1 N–H and O–H groups in total. The summed E-state index contributed by atoms with van der Waals surface area (Å²) in [5.41, 5.74) is 1.43. The molecule has 2 rings (SSSR count). The molecule has 6 heteroatoms. The topological polar surface area (TPSA) is 90.1 Å². The van der Waals surface area contributed by atoms with Crippen LogP contribution >= 0.6 is 0 Å². The van der Waals surface area contributed by atoms with E-state index in [1.807, 2.05) is 35.2 Å². The van der Waals surface area contributed by atoms with Crippen molar-refractivity contribution in [3.63, 3.8) is 0 Å². The van der Waals surface area contributed by atoms with Crippen LogP contribution < -0.4 is 4.90 Å². The molecule has 0 bridgehead atoms. The Morgan fingerprint density at radius 3 is 2.76 bits per heavy atom. The summed E-state index contributed by atoms with van der Waals surface area (Å²) in [5, 5.41) is 17.9. The first-order valence-electron chi connectivity index (χ1n) is 6.41. The molecule has 1 aromatic heterocycles. The van der Waals surface area contributed by atoms with Crippen molar-refractivity contribution in [2.45, 2.75) is 13.0 Å². The van der Waals surface area contributed by atoms with E-state index in [2.05, 4.69) is 16.0 Å². The van der Waals surface area contributed by atoms with Gasteiger partial charge in [0.25, 0.3) is 0 Å². The standard InChI is InChI=1S/C15H14N4O2/c16-7-4-8-19(12-5-2-1-3-6-12)10-14-13(15(20)21)9-17-11-18-14/h1-3,5-6,9,11H,4,8,10H2,(H,20,21). The van der Waals surface area contributed by atoms with E-state index in [0.717, 1.165) is 5.69 Å². The number of aromatic carboxylic acids is 1. The molecule has 0 radical (unpaired) electrons. The van der Waals surface area contributed by atoms with Crippen LogP contribution in [0.4, 0.5) is 5.69 Å². The van der Waals surface area contributed by atoms with Gasteiger partial charge in [0.15, 0.2) is 0 Å². The van der Waals surface area contributed by atoms with Gasteiger partial charge in [-0.3, -0.25) is 0 Å². The van der Waals surface area contributed by atoms with Crippen molar-refractivity contribution < 1.29 is 9.90 Å². The summed E-state index contributed by atoms with van der Waals surface area (Å²) in [5.74, 6) is -1.06. The van der Waals surface area contributed by atoms with E-state index in [9.17, 15) is 9.90 Å². The van der Waals surface area contributed by atoms with Gasteiger partial charge in [0.05, 0.1) is 24.7 Å². The summed E-state index contributed by atoms with van der Waals surface area (Å²) in [7, 11) is 0. The normalized spacial score (nSPS) is 9.86. The number of benzene rings is 1. The third-order valence-corrected chi connectivity index (χ3v) is 2.98. The molecule has 0 aliphatic carbocycles. The highest BCUT2D eigenvalue weighted by Gasteiger charge is 2.15. The van der Waals surface area contributed by atoms with Crippen LogP contribution in [0.5, 0.6) is 0 Å². The third kappa shape index (κ3) is 3.76. The highest BCUT2D eigenvalue weighted by Crippen LogP contribution is 2.17. The number of nitrogens with zero attached hydrogens (tertiary/aromatic N) is 4. The van der Waals surface area contributed by atoms with Gasteiger partial charge in [0, 0.05) is 18.4 Å². The van der Waals surface area contributed by atoms with Gasteiger partial charge in [-0.15, -0.1) is 0 Å². The zero-order chi connectivity index (χ0) is 15.1. The van der Waals surface area contributed by atoms with E-state index in [1.54, 1.807) is 0 Å². The van der Waals surface area contributed by atoms with E-state index >= 15 is 0 Å². The summed E-state index contributed by atoms with van der Waals surface area (Å²) in [6, 6.07) is 11.6. The van der Waals surface area contributed by atoms with Crippen LogP contribution in [0.3, 0.4) is 0 Å². The minimum atomic E-state index is -1.06. The summed E-state index contributed by atoms with van der Waals surface area (Å²) in [4.78, 5) is 20.9. The zero-order valence-electron chi connectivity index (χ0n) is 11.3. The van der Waals surface area contributed by atoms with Crippen molar-refractivity contribution in [2.24, 2.45) is 0 Å². The molecule has 0 amide bonds. The van der Waals surface area contributed by atoms with E-state index in [4.69, 9.17) is 5.26 Å². The van der Waals surface area contributed by atoms with Crippen LogP contribution in [0.1, 0.15) is 22.5 Å². The Morgan fingerprint density at radius 1 is 1.33 bits per heavy atom. The maximum absolute atomic E-state index is 11.2. The Labute approximate surface area is 122 Å². The summed E-state index contributed by atoms with van der Waals surface area (Å²) in [6.07, 6.45) is 2.97. The molecule has 0 spiro atoms. The van der Waals surface area contributed by atoms with E-state index in [0.29, 0.717) is 25.2 Å². The number of anilines is 1. The van der Waals surface area contributed by atoms with Crippen molar-refractivity contribution in [2.75, 3.05) is 11.4 Å². The van der Waals surface area contributed by atoms with E-state index in [-0.39, 0.29) is 5.56 Å². The molecular formula is C15H14N4O2. The predicted molar refractivity (Wildman–Crippen MR) is 76.7 cm³/mol. The number of aromatic nitrogens is 2. The fourth-order valence-electron chi connectivity index (χ4n) is 1.96. The minimum Gasteiger partial charge on any atom is -0.478 e. The number of para-hydroxylation sites is 1. The van der Waals surface area contributed by atoms with Crippen LogP contribution in [0.25, 0.3) is 0 Å². The summed E-state index contributed by atoms with van der Waals surface area (Å²) >= 11 is 0. The van der Waals surface area contributed by atoms with Crippen LogP contribution in [-0.4, -0.2) is 27.6 Å². The number of hydrogen-bond acceptors (Lipinski definition) is 5. The average molecular weight is 282 g/mol. The lowest BCUT2D eigenvalue weighted by Gasteiger charge is -2.23. The summed E-state index contributed by atoms with van der Waals surface area (Å²) in [6.45, 7) is 0.819. The highest BCUT2D eigenvalue weighted by molar-refractivity contribution is 5.88. The first kappa shape index (κ1) is 14.5. The Morgan fingerprint density at radius 2 is 2.10 bits per heavy atom. The molecular weight excluding hydrogens is 268 g/mol. The molecule has 0 atom stereocenters. The number of nitriles is 1. The number of hydrogen-bond donors (Lipinski definition) is 1. The average Bonchev–Trinajstić information content (AvgIpc) is 2.52. The minimum absolute atomic E-state index is 0.0791. The molecule has 0 aliphatic heterocycles. The van der Waals surface area contributed by atoms with E-state index in [1.165, 1.54) is 12.5 Å². The second-order valence-electron chi connectivity index (χ2n) is 4.35. The molecule has 0 saturated heterocycles. The van der Waals surface area contributed by atoms with Gasteiger partial charge in [0.2, 0.25) is 0 Å². The Kier molecular flexibility index (Phi) is 4.83. The Bertz CT molecular complexity index is 652. The van der Waals surface area contributed by atoms with Gasteiger partial charge < -0.3 is 10.0 Å². The highest BCUT2D eigenvalue weighted by atomic mass is 16.4. The molecule has 0 unspecified atom stereocenters. The lowest BCUT2D eigenvalue weighted by atomic mass is 10.2. The van der Waals surface area contributed by atoms with Crippen LogP contribution in [0.2, 0.25) is 0 Å². The Hall–Kier alpha value is -2.94. The summed E-state index contributed by atoms with van der Waals surface area (Å²) < 4.78 is 0. The third-order valence-electron chi connectivity index (χ3n) is 2.98. The number of carbonyl (C=O) groups is 1. The molecule has 1 heterocycles. The molecule has 6 nitrogen and oxygen atoms in total. The first-order chi connectivity index (χ1) is 10.2. The number of carboxylic acids is 1. The molecule has 1 aromatic carbocycles. The second-order valence-corrected chi connectivity index (χ2v) is 4.35. The van der Waals surface area contributed by atoms with Crippen molar-refractivity contribution >= 4 is 11.7 Å². The van der Waals surface area contributed by atoms with Gasteiger partial charge >= 0.3 is 5.97 Å². The molecule has 0 saturated carbocycles. The number of carboxylic acid groups (broad SMARTS) is 1. The monoisotopic (exact) mass is 282 g/mol. The SMILES string of the molecule is N#CCCN(Cc1ncncc1C(=O)O)c1ccccc1. The molecule has 0 aliphatic rings. The number of rotatable bonds is 6. The van der Waals surface area contributed by atoms with Crippen LogP contribution in [0, 0.1) is 11.3 Å². The van der Waals surface area contributed by atoms with Gasteiger partial charge in [0.1, 0.15) is 11.9 Å². The largest absolute Gasteiger partial charge is 0.478 e. The van der Waals surface area contributed by atoms with E-state index < -0.39 is 5.97 Å². The zero-order valence-corrected chi connectivity index (χ0v) is 11.3. The van der Waals surface area contributed by atoms with Crippen molar-refractivity contribution in [3.8, 4) is 6.07 Å². The maximum Gasteiger partial charge on any atom is 0.339 e. The van der Waals surface area contributed by atoms with Crippen LogP contribution in [0.15, 0.2) is 42.9 Å². The van der Waals surface area contributed by atoms with Gasteiger partial charge in [-0.2, -0.15) is 5.26 Å². The first-order valence-corrected chi connectivity index (χ1v) is 6.41. The molecule has 2 aromatic rings. The molecule has 0 fully saturated rings. The smallest absolute Gasteiger partial charge is 0.339 e. The van der Waals surface area contributed by atoms with Crippen molar-refractivity contribution in [1.82, 2.24) is 9.97 Å². The van der Waals surface area contributed by atoms with Crippen molar-refractivity contribution in [1.29, 1.82) is 5.26 Å². The molecule has 106 valence electrons. The predicted octanol–water partition coefficient (Wildman–Crippen LogP) is 2.10.